The van der Waals surface area contributed by atoms with E-state index in [1.807, 2.05) is 13.0 Å². The van der Waals surface area contributed by atoms with Crippen molar-refractivity contribution in [2.45, 2.75) is 6.92 Å². The molecule has 2 aromatic rings. The van der Waals surface area contributed by atoms with Crippen LogP contribution >= 0.6 is 50.3 Å². The maximum atomic E-state index is 12.7. The molecule has 31 heavy (non-hydrogen) atoms. The van der Waals surface area contributed by atoms with E-state index in [4.69, 9.17) is 9.47 Å². The summed E-state index contributed by atoms with van der Waals surface area (Å²) < 4.78 is 12.7. The first-order valence-electron chi connectivity index (χ1n) is 9.13. The number of carbonyl (C=O) groups excluding carboxylic acids is 3. The number of anilines is 1. The molecule has 1 saturated heterocycles. The van der Waals surface area contributed by atoms with Crippen molar-refractivity contribution in [3.05, 3.63) is 54.9 Å². The van der Waals surface area contributed by atoms with Crippen LogP contribution in [-0.2, 0) is 9.59 Å². The highest BCUT2D eigenvalue weighted by Gasteiger charge is 2.36. The quantitative estimate of drug-likeness (QED) is 0.343. The van der Waals surface area contributed by atoms with Crippen LogP contribution in [0.1, 0.15) is 12.5 Å². The van der Waals surface area contributed by atoms with E-state index >= 15 is 0 Å². The Bertz CT molecular complexity index is 1060. The molecule has 1 heterocycles. The Morgan fingerprint density at radius 3 is 2.61 bits per heavy atom. The Balaban J connectivity index is 1.75. The molecule has 0 aromatic heterocycles. The second-order valence-electron chi connectivity index (χ2n) is 6.29. The predicted octanol–water partition coefficient (Wildman–Crippen LogP) is 5.14. The van der Waals surface area contributed by atoms with Crippen LogP contribution in [0.3, 0.4) is 0 Å². The number of benzene rings is 2. The molecule has 0 bridgehead atoms. The smallest absolute Gasteiger partial charge is 0.294 e. The molecule has 3 amide bonds. The normalized spacial score (nSPS) is 14.8. The van der Waals surface area contributed by atoms with Crippen LogP contribution < -0.4 is 14.8 Å². The van der Waals surface area contributed by atoms with Crippen molar-refractivity contribution in [3.8, 4) is 11.5 Å². The van der Waals surface area contributed by atoms with Gasteiger partial charge in [0.15, 0.2) is 11.5 Å². The van der Waals surface area contributed by atoms with Crippen LogP contribution in [0, 0.1) is 3.57 Å². The van der Waals surface area contributed by atoms with Gasteiger partial charge in [0, 0.05) is 10.2 Å². The fourth-order valence-corrected chi connectivity index (χ4v) is 4.66. The monoisotopic (exact) mass is 616 g/mol. The number of thioether (sulfide) groups is 1. The van der Waals surface area contributed by atoms with Gasteiger partial charge in [-0.25, -0.2) is 0 Å². The van der Waals surface area contributed by atoms with Gasteiger partial charge in [-0.15, -0.1) is 0 Å². The van der Waals surface area contributed by atoms with Crippen molar-refractivity contribution in [1.82, 2.24) is 4.90 Å². The predicted molar refractivity (Wildman–Crippen MR) is 132 cm³/mol. The average Bonchev–Trinajstić information content (AvgIpc) is 2.98. The zero-order valence-electron chi connectivity index (χ0n) is 16.6. The minimum atomic E-state index is -0.510. The van der Waals surface area contributed by atoms with E-state index < -0.39 is 17.1 Å². The molecule has 162 valence electrons. The van der Waals surface area contributed by atoms with Gasteiger partial charge in [0.05, 0.1) is 22.2 Å². The van der Waals surface area contributed by atoms with Crippen LogP contribution in [0.2, 0.25) is 0 Å². The summed E-state index contributed by atoms with van der Waals surface area (Å²) in [7, 11) is 1.54. The molecule has 0 unspecified atom stereocenters. The summed E-state index contributed by atoms with van der Waals surface area (Å²) in [6.45, 7) is 2.02. The number of nitrogens with zero attached hydrogens (tertiary/aromatic N) is 1. The summed E-state index contributed by atoms with van der Waals surface area (Å²) in [5, 5.41) is 2.19. The molecule has 1 aliphatic rings. The summed E-state index contributed by atoms with van der Waals surface area (Å²) in [5.74, 6) is 0.195. The number of carbonyl (C=O) groups is 3. The third-order valence-corrected chi connectivity index (χ3v) is 6.38. The number of rotatable bonds is 7. The standard InChI is InChI=1S/C21H18BrIN2O5S/c1-3-30-19-15(23)8-12(9-16(19)29-2)10-17-20(27)25(21(28)31-17)11-18(26)24-14-6-4-13(22)5-7-14/h4-10H,3,11H2,1-2H3,(H,24,26)/b17-10+. The summed E-state index contributed by atoms with van der Waals surface area (Å²) in [5.41, 5.74) is 1.27. The van der Waals surface area contributed by atoms with Crippen LogP contribution in [0.4, 0.5) is 10.5 Å². The lowest BCUT2D eigenvalue weighted by molar-refractivity contribution is -0.127. The van der Waals surface area contributed by atoms with Crippen molar-refractivity contribution < 1.29 is 23.9 Å². The van der Waals surface area contributed by atoms with Crippen molar-refractivity contribution in [3.63, 3.8) is 0 Å². The minimum absolute atomic E-state index is 0.239. The number of methoxy groups -OCH3 is 1. The molecule has 0 radical (unpaired) electrons. The van der Waals surface area contributed by atoms with Gasteiger partial charge < -0.3 is 14.8 Å². The van der Waals surface area contributed by atoms with Gasteiger partial charge in [0.2, 0.25) is 5.91 Å². The maximum Gasteiger partial charge on any atom is 0.294 e. The van der Waals surface area contributed by atoms with Crippen molar-refractivity contribution in [2.75, 3.05) is 25.6 Å². The molecule has 3 rings (SSSR count). The number of nitrogens with one attached hydrogen (secondary N) is 1. The number of halogens is 2. The van der Waals surface area contributed by atoms with Crippen molar-refractivity contribution >= 4 is 79.1 Å². The first kappa shape index (κ1) is 23.6. The van der Waals surface area contributed by atoms with E-state index in [0.717, 1.165) is 24.7 Å². The van der Waals surface area contributed by atoms with Crippen molar-refractivity contribution in [2.24, 2.45) is 0 Å². The fraction of sp³-hybridized carbons (Fsp3) is 0.190. The molecular formula is C21H18BrIN2O5S. The van der Waals surface area contributed by atoms with Crippen molar-refractivity contribution in [1.29, 1.82) is 0 Å². The summed E-state index contributed by atoms with van der Waals surface area (Å²) >= 11 is 6.25. The topological polar surface area (TPSA) is 84.9 Å². The third-order valence-electron chi connectivity index (χ3n) is 4.14. The van der Waals surface area contributed by atoms with E-state index in [0.29, 0.717) is 29.4 Å². The van der Waals surface area contributed by atoms with Gasteiger partial charge >= 0.3 is 0 Å². The molecule has 0 atom stereocenters. The minimum Gasteiger partial charge on any atom is -0.493 e. The lowest BCUT2D eigenvalue weighted by Gasteiger charge is -2.13. The number of hydrogen-bond acceptors (Lipinski definition) is 6. The zero-order valence-corrected chi connectivity index (χ0v) is 21.2. The third kappa shape index (κ3) is 5.80. The molecule has 7 nitrogen and oxygen atoms in total. The Labute approximate surface area is 205 Å². The number of imide groups is 1. The van der Waals surface area contributed by atoms with Crippen LogP contribution in [0.15, 0.2) is 45.8 Å². The van der Waals surface area contributed by atoms with E-state index in [9.17, 15) is 14.4 Å². The van der Waals surface area contributed by atoms with Gasteiger partial charge in [-0.05, 0) is 89.3 Å². The molecule has 0 spiro atoms. The van der Waals surface area contributed by atoms with E-state index in [1.165, 1.54) is 7.11 Å². The molecule has 10 heteroatoms. The lowest BCUT2D eigenvalue weighted by Crippen LogP contribution is -2.36. The molecule has 1 aliphatic heterocycles. The highest BCUT2D eigenvalue weighted by Crippen LogP contribution is 2.37. The van der Waals surface area contributed by atoms with Gasteiger partial charge in [0.1, 0.15) is 6.54 Å². The first-order chi connectivity index (χ1) is 14.8. The first-order valence-corrected chi connectivity index (χ1v) is 11.8. The summed E-state index contributed by atoms with van der Waals surface area (Å²) in [4.78, 5) is 38.6. The lowest BCUT2D eigenvalue weighted by atomic mass is 10.2. The summed E-state index contributed by atoms with van der Waals surface area (Å²) in [6, 6.07) is 10.6. The Morgan fingerprint density at radius 1 is 1.26 bits per heavy atom. The van der Waals surface area contributed by atoms with Gasteiger partial charge in [0.25, 0.3) is 11.1 Å². The largest absolute Gasteiger partial charge is 0.493 e. The molecule has 2 aromatic carbocycles. The molecular weight excluding hydrogens is 599 g/mol. The Hall–Kier alpha value is -2.05. The Kier molecular flexibility index (Phi) is 8.00. The number of ether oxygens (including phenoxy) is 2. The van der Waals surface area contributed by atoms with E-state index in [-0.39, 0.29) is 11.4 Å². The van der Waals surface area contributed by atoms with E-state index in [2.05, 4.69) is 43.8 Å². The van der Waals surface area contributed by atoms with E-state index in [1.54, 1.807) is 36.4 Å². The summed E-state index contributed by atoms with van der Waals surface area (Å²) in [6.07, 6.45) is 1.61. The fourth-order valence-electron chi connectivity index (χ4n) is 2.77. The maximum absolute atomic E-state index is 12.7. The van der Waals surface area contributed by atoms with Gasteiger partial charge in [-0.1, -0.05) is 15.9 Å². The Morgan fingerprint density at radius 2 is 1.97 bits per heavy atom. The molecule has 0 aliphatic carbocycles. The number of amides is 3. The highest BCUT2D eigenvalue weighted by molar-refractivity contribution is 14.1. The molecule has 0 saturated carbocycles. The molecule has 1 N–H and O–H groups in total. The second kappa shape index (κ2) is 10.5. The van der Waals surface area contributed by atoms with Crippen LogP contribution in [-0.4, -0.2) is 42.2 Å². The van der Waals surface area contributed by atoms with Crippen LogP contribution in [0.5, 0.6) is 11.5 Å². The zero-order chi connectivity index (χ0) is 22.5. The molecule has 1 fully saturated rings. The van der Waals surface area contributed by atoms with Gasteiger partial charge in [-0.3, -0.25) is 19.3 Å². The van der Waals surface area contributed by atoms with Gasteiger partial charge in [-0.2, -0.15) is 0 Å². The number of hydrogen-bond donors (Lipinski definition) is 1. The highest BCUT2D eigenvalue weighted by atomic mass is 127. The second-order valence-corrected chi connectivity index (χ2v) is 9.36. The van der Waals surface area contributed by atoms with Crippen LogP contribution in [0.25, 0.3) is 6.08 Å². The SMILES string of the molecule is CCOc1c(I)cc(/C=C2/SC(=O)N(CC(=O)Nc3ccc(Br)cc3)C2=O)cc1OC. The average molecular weight is 617 g/mol.